The Morgan fingerprint density at radius 3 is 2.39 bits per heavy atom. The Kier molecular flexibility index (Phi) is 6.73. The average molecular weight is 273 g/mol. The lowest BCUT2D eigenvalue weighted by Crippen LogP contribution is -2.32. The minimum atomic E-state index is -0.512. The third-order valence-corrected chi connectivity index (χ3v) is 2.22. The van der Waals surface area contributed by atoms with E-state index in [2.05, 4.69) is 5.32 Å². The van der Waals surface area contributed by atoms with Gasteiger partial charge in [0, 0.05) is 5.69 Å². The second kappa shape index (κ2) is 7.24. The minimum Gasteiger partial charge on any atom is -0.491 e. The number of nitrogens with two attached hydrogens (primary N) is 1. The number of halogens is 1. The van der Waals surface area contributed by atoms with Gasteiger partial charge in [0.1, 0.15) is 5.75 Å². The second-order valence-corrected chi connectivity index (χ2v) is 4.42. The Morgan fingerprint density at radius 1 is 1.33 bits per heavy atom. The van der Waals surface area contributed by atoms with Crippen molar-refractivity contribution in [2.45, 2.75) is 39.8 Å². The van der Waals surface area contributed by atoms with Gasteiger partial charge in [0.05, 0.1) is 12.1 Å². The van der Waals surface area contributed by atoms with Crippen LogP contribution in [0.25, 0.3) is 0 Å². The molecule has 1 aromatic rings. The van der Waals surface area contributed by atoms with Crippen LogP contribution in [-0.2, 0) is 4.79 Å². The number of hydrogen-bond donors (Lipinski definition) is 2. The zero-order valence-electron chi connectivity index (χ0n) is 11.2. The molecule has 0 heterocycles. The Labute approximate surface area is 114 Å². The lowest BCUT2D eigenvalue weighted by Gasteiger charge is -2.14. The van der Waals surface area contributed by atoms with Crippen LogP contribution in [0.15, 0.2) is 18.2 Å². The van der Waals surface area contributed by atoms with Gasteiger partial charge in [0.2, 0.25) is 5.91 Å². The summed E-state index contributed by atoms with van der Waals surface area (Å²) in [5.74, 6) is 0.640. The summed E-state index contributed by atoms with van der Waals surface area (Å²) < 4.78 is 5.61. The summed E-state index contributed by atoms with van der Waals surface area (Å²) in [5.41, 5.74) is 7.21. The van der Waals surface area contributed by atoms with Gasteiger partial charge in [-0.1, -0.05) is 0 Å². The number of aryl methyl sites for hydroxylation is 1. The van der Waals surface area contributed by atoms with Crippen LogP contribution in [-0.4, -0.2) is 18.1 Å². The molecule has 0 radical (unpaired) electrons. The van der Waals surface area contributed by atoms with Crippen molar-refractivity contribution < 1.29 is 9.53 Å². The normalized spacial score (nSPS) is 11.7. The van der Waals surface area contributed by atoms with Gasteiger partial charge < -0.3 is 15.8 Å². The standard InChI is InChI=1S/C13H20N2O2.ClH/c1-8(2)17-12-6-5-11(7-9(12)3)15-13(16)10(4)14;/h5-8,10H,14H2,1-4H3,(H,15,16);1H/t10-;/m1./s1. The van der Waals surface area contributed by atoms with Gasteiger partial charge in [0.25, 0.3) is 0 Å². The highest BCUT2D eigenvalue weighted by molar-refractivity contribution is 5.94. The van der Waals surface area contributed by atoms with Gasteiger partial charge in [-0.05, 0) is 51.5 Å². The first kappa shape index (κ1) is 16.7. The smallest absolute Gasteiger partial charge is 0.240 e. The topological polar surface area (TPSA) is 64.4 Å². The molecule has 0 saturated carbocycles. The van der Waals surface area contributed by atoms with E-state index in [0.717, 1.165) is 17.0 Å². The predicted molar refractivity (Wildman–Crippen MR) is 76.5 cm³/mol. The number of carbonyl (C=O) groups excluding carboxylic acids is 1. The summed E-state index contributed by atoms with van der Waals surface area (Å²) in [6.45, 7) is 7.55. The van der Waals surface area contributed by atoms with E-state index in [1.807, 2.05) is 39.0 Å². The molecule has 0 spiro atoms. The Hall–Kier alpha value is -1.26. The van der Waals surface area contributed by atoms with Crippen molar-refractivity contribution in [2.75, 3.05) is 5.32 Å². The van der Waals surface area contributed by atoms with Crippen molar-refractivity contribution in [1.29, 1.82) is 0 Å². The highest BCUT2D eigenvalue weighted by Gasteiger charge is 2.09. The van der Waals surface area contributed by atoms with Crippen LogP contribution in [0.3, 0.4) is 0 Å². The molecule has 1 aromatic carbocycles. The van der Waals surface area contributed by atoms with Crippen LogP contribution in [0.2, 0.25) is 0 Å². The third-order valence-electron chi connectivity index (χ3n) is 2.22. The van der Waals surface area contributed by atoms with E-state index in [4.69, 9.17) is 10.5 Å². The molecule has 0 aliphatic carbocycles. The van der Waals surface area contributed by atoms with Crippen LogP contribution < -0.4 is 15.8 Å². The lowest BCUT2D eigenvalue weighted by molar-refractivity contribution is -0.117. The maximum atomic E-state index is 11.4. The first-order chi connectivity index (χ1) is 7.90. The molecule has 0 unspecified atom stereocenters. The maximum absolute atomic E-state index is 11.4. The van der Waals surface area contributed by atoms with Crippen molar-refractivity contribution in [3.63, 3.8) is 0 Å². The van der Waals surface area contributed by atoms with E-state index in [-0.39, 0.29) is 24.4 Å². The molecule has 0 bridgehead atoms. The van der Waals surface area contributed by atoms with Crippen LogP contribution in [0, 0.1) is 6.92 Å². The van der Waals surface area contributed by atoms with E-state index in [1.54, 1.807) is 6.92 Å². The summed E-state index contributed by atoms with van der Waals surface area (Å²) in [5, 5.41) is 2.74. The van der Waals surface area contributed by atoms with Gasteiger partial charge in [-0.3, -0.25) is 4.79 Å². The summed E-state index contributed by atoms with van der Waals surface area (Å²) in [7, 11) is 0. The van der Waals surface area contributed by atoms with Crippen LogP contribution >= 0.6 is 12.4 Å². The zero-order valence-corrected chi connectivity index (χ0v) is 12.0. The number of benzene rings is 1. The molecule has 102 valence electrons. The first-order valence-corrected chi connectivity index (χ1v) is 5.74. The summed E-state index contributed by atoms with van der Waals surface area (Å²) in [6, 6.07) is 5.02. The van der Waals surface area contributed by atoms with Gasteiger partial charge in [0.15, 0.2) is 0 Å². The van der Waals surface area contributed by atoms with E-state index < -0.39 is 6.04 Å². The summed E-state index contributed by atoms with van der Waals surface area (Å²) in [4.78, 5) is 11.4. The third kappa shape index (κ3) is 4.94. The molecular formula is C13H21ClN2O2. The maximum Gasteiger partial charge on any atom is 0.240 e. The van der Waals surface area contributed by atoms with Crippen molar-refractivity contribution in [2.24, 2.45) is 5.73 Å². The van der Waals surface area contributed by atoms with Crippen LogP contribution in [0.1, 0.15) is 26.3 Å². The molecule has 5 heteroatoms. The summed E-state index contributed by atoms with van der Waals surface area (Å²) in [6.07, 6.45) is 0.137. The van der Waals surface area contributed by atoms with Gasteiger partial charge >= 0.3 is 0 Å². The quantitative estimate of drug-likeness (QED) is 0.885. The first-order valence-electron chi connectivity index (χ1n) is 5.74. The lowest BCUT2D eigenvalue weighted by atomic mass is 10.2. The fraction of sp³-hybridized carbons (Fsp3) is 0.462. The molecule has 4 nitrogen and oxygen atoms in total. The molecule has 3 N–H and O–H groups in total. The molecule has 18 heavy (non-hydrogen) atoms. The number of anilines is 1. The van der Waals surface area contributed by atoms with Crippen LogP contribution in [0.5, 0.6) is 5.75 Å². The Balaban J connectivity index is 0.00000289. The Morgan fingerprint density at radius 2 is 1.94 bits per heavy atom. The molecule has 1 amide bonds. The zero-order chi connectivity index (χ0) is 13.0. The van der Waals surface area contributed by atoms with E-state index in [0.29, 0.717) is 0 Å². The highest BCUT2D eigenvalue weighted by atomic mass is 35.5. The van der Waals surface area contributed by atoms with E-state index in [1.165, 1.54) is 0 Å². The van der Waals surface area contributed by atoms with Gasteiger partial charge in [-0.25, -0.2) is 0 Å². The minimum absolute atomic E-state index is 0. The van der Waals surface area contributed by atoms with E-state index >= 15 is 0 Å². The predicted octanol–water partition coefficient (Wildman–Crippen LogP) is 2.49. The van der Waals surface area contributed by atoms with E-state index in [9.17, 15) is 4.79 Å². The molecule has 0 aromatic heterocycles. The largest absolute Gasteiger partial charge is 0.491 e. The van der Waals surface area contributed by atoms with Crippen molar-refractivity contribution in [3.05, 3.63) is 23.8 Å². The highest BCUT2D eigenvalue weighted by Crippen LogP contribution is 2.22. The molecular weight excluding hydrogens is 252 g/mol. The summed E-state index contributed by atoms with van der Waals surface area (Å²) >= 11 is 0. The molecule has 1 atom stereocenters. The van der Waals surface area contributed by atoms with Crippen molar-refractivity contribution in [1.82, 2.24) is 0 Å². The molecule has 0 aliphatic heterocycles. The van der Waals surface area contributed by atoms with Crippen molar-refractivity contribution >= 4 is 24.0 Å². The SMILES string of the molecule is Cc1cc(NC(=O)[C@@H](C)N)ccc1OC(C)C.Cl. The number of hydrogen-bond acceptors (Lipinski definition) is 3. The van der Waals surface area contributed by atoms with Gasteiger partial charge in [-0.15, -0.1) is 12.4 Å². The number of nitrogens with one attached hydrogen (secondary N) is 1. The number of rotatable bonds is 4. The van der Waals surface area contributed by atoms with Crippen LogP contribution in [0.4, 0.5) is 5.69 Å². The fourth-order valence-electron chi connectivity index (χ4n) is 1.37. The Bertz CT molecular complexity index is 406. The molecule has 0 aliphatic rings. The number of carbonyl (C=O) groups is 1. The van der Waals surface area contributed by atoms with Gasteiger partial charge in [-0.2, -0.15) is 0 Å². The monoisotopic (exact) mass is 272 g/mol. The molecule has 0 saturated heterocycles. The number of amides is 1. The second-order valence-electron chi connectivity index (χ2n) is 4.42. The number of ether oxygens (including phenoxy) is 1. The molecule has 1 rings (SSSR count). The fourth-order valence-corrected chi connectivity index (χ4v) is 1.37. The molecule has 0 fully saturated rings. The average Bonchev–Trinajstić information content (AvgIpc) is 2.21. The van der Waals surface area contributed by atoms with Crippen molar-refractivity contribution in [3.8, 4) is 5.75 Å².